The molecule has 1 amide bonds. The molecule has 1 fully saturated rings. The molecule has 74 valence electrons. The minimum Gasteiger partial charge on any atom is -0.370 e. The van der Waals surface area contributed by atoms with Crippen LogP contribution >= 0.6 is 15.9 Å². The van der Waals surface area contributed by atoms with Gasteiger partial charge in [-0.1, -0.05) is 12.1 Å². The third kappa shape index (κ3) is 1.62. The van der Waals surface area contributed by atoms with E-state index in [-0.39, 0.29) is 5.91 Å². The van der Waals surface area contributed by atoms with Crippen molar-refractivity contribution in [1.82, 2.24) is 0 Å². The van der Waals surface area contributed by atoms with E-state index in [2.05, 4.69) is 21.2 Å². The number of nitrogens with one attached hydrogen (secondary N) is 1. The molecule has 1 aliphatic carbocycles. The fourth-order valence-corrected chi connectivity index (χ4v) is 1.76. The van der Waals surface area contributed by atoms with E-state index in [4.69, 9.17) is 5.73 Å². The second kappa shape index (κ2) is 3.28. The highest BCUT2D eigenvalue weighted by Crippen LogP contribution is 2.40. The Hall–Kier alpha value is -1.03. The average Bonchev–Trinajstić information content (AvgIpc) is 2.90. The Labute approximate surface area is 90.8 Å². The molecule has 0 spiro atoms. The molecular weight excluding hydrogens is 244 g/mol. The molecular formula is C10H11BrN2O. The maximum absolute atomic E-state index is 11.1. The summed E-state index contributed by atoms with van der Waals surface area (Å²) < 4.78 is 0.951. The van der Waals surface area contributed by atoms with Crippen molar-refractivity contribution < 1.29 is 4.79 Å². The number of hydrogen-bond donors (Lipinski definition) is 2. The van der Waals surface area contributed by atoms with Crippen molar-refractivity contribution in [1.29, 1.82) is 0 Å². The van der Waals surface area contributed by atoms with Crippen LogP contribution in [0, 0.1) is 0 Å². The summed E-state index contributed by atoms with van der Waals surface area (Å²) >= 11 is 3.41. The first-order valence-corrected chi connectivity index (χ1v) is 5.26. The Bertz CT molecular complexity index is 374. The second-order valence-electron chi connectivity index (χ2n) is 3.55. The van der Waals surface area contributed by atoms with Gasteiger partial charge < -0.3 is 11.1 Å². The van der Waals surface area contributed by atoms with Crippen LogP contribution in [0.1, 0.15) is 12.8 Å². The van der Waals surface area contributed by atoms with E-state index in [1.165, 1.54) is 0 Å². The number of carbonyl (C=O) groups excluding carboxylic acids is 1. The Kier molecular flexibility index (Phi) is 2.23. The number of hydrogen-bond acceptors (Lipinski definition) is 2. The first kappa shape index (κ1) is 9.52. The minimum atomic E-state index is -0.496. The van der Waals surface area contributed by atoms with Crippen molar-refractivity contribution in [2.24, 2.45) is 5.73 Å². The quantitative estimate of drug-likeness (QED) is 0.866. The van der Waals surface area contributed by atoms with E-state index in [0.717, 1.165) is 23.0 Å². The molecule has 14 heavy (non-hydrogen) atoms. The summed E-state index contributed by atoms with van der Waals surface area (Å²) in [5, 5.41) is 3.18. The molecule has 0 heterocycles. The van der Waals surface area contributed by atoms with Gasteiger partial charge in [0.25, 0.3) is 0 Å². The number of primary amides is 1. The maximum Gasteiger partial charge on any atom is 0.243 e. The van der Waals surface area contributed by atoms with Crippen molar-refractivity contribution in [3.8, 4) is 0 Å². The molecule has 4 heteroatoms. The fourth-order valence-electron chi connectivity index (χ4n) is 1.38. The van der Waals surface area contributed by atoms with Crippen LogP contribution in [-0.4, -0.2) is 11.4 Å². The lowest BCUT2D eigenvalue weighted by atomic mass is 10.2. The summed E-state index contributed by atoms with van der Waals surface area (Å²) in [6, 6.07) is 7.70. The zero-order chi connectivity index (χ0) is 10.2. The van der Waals surface area contributed by atoms with Gasteiger partial charge in [0.1, 0.15) is 5.54 Å². The van der Waals surface area contributed by atoms with Crippen molar-refractivity contribution in [3.05, 3.63) is 28.7 Å². The molecule has 2 rings (SSSR count). The van der Waals surface area contributed by atoms with Gasteiger partial charge in [-0.15, -0.1) is 0 Å². The smallest absolute Gasteiger partial charge is 0.243 e. The molecule has 1 aliphatic rings. The molecule has 0 bridgehead atoms. The first-order valence-electron chi connectivity index (χ1n) is 4.47. The Morgan fingerprint density at radius 2 is 2.07 bits per heavy atom. The van der Waals surface area contributed by atoms with Gasteiger partial charge in [-0.05, 0) is 40.9 Å². The normalized spacial score (nSPS) is 17.5. The van der Waals surface area contributed by atoms with Crippen LogP contribution in [0.4, 0.5) is 5.69 Å². The summed E-state index contributed by atoms with van der Waals surface area (Å²) in [6.07, 6.45) is 1.65. The van der Waals surface area contributed by atoms with E-state index in [0.29, 0.717) is 0 Å². The highest BCUT2D eigenvalue weighted by atomic mass is 79.9. The van der Waals surface area contributed by atoms with Crippen molar-refractivity contribution in [2.75, 3.05) is 5.32 Å². The molecule has 1 saturated carbocycles. The summed E-state index contributed by atoms with van der Waals surface area (Å²) in [6.45, 7) is 0. The third-order valence-corrected chi connectivity index (χ3v) is 3.16. The minimum absolute atomic E-state index is 0.270. The molecule has 0 atom stereocenters. The second-order valence-corrected chi connectivity index (χ2v) is 4.41. The largest absolute Gasteiger partial charge is 0.370 e. The van der Waals surface area contributed by atoms with Crippen LogP contribution in [0.25, 0.3) is 0 Å². The Morgan fingerprint density at radius 3 is 2.57 bits per heavy atom. The number of halogens is 1. The molecule has 0 aromatic heterocycles. The van der Waals surface area contributed by atoms with Crippen LogP contribution in [0.3, 0.4) is 0 Å². The summed E-state index contributed by atoms with van der Waals surface area (Å²) in [4.78, 5) is 11.1. The van der Waals surface area contributed by atoms with Gasteiger partial charge in [-0.3, -0.25) is 4.79 Å². The van der Waals surface area contributed by atoms with E-state index in [1.807, 2.05) is 24.3 Å². The summed E-state index contributed by atoms with van der Waals surface area (Å²) in [7, 11) is 0. The number of nitrogens with two attached hydrogens (primary N) is 1. The Morgan fingerprint density at radius 1 is 1.43 bits per heavy atom. The number of benzene rings is 1. The molecule has 0 unspecified atom stereocenters. The number of para-hydroxylation sites is 1. The van der Waals surface area contributed by atoms with E-state index >= 15 is 0 Å². The van der Waals surface area contributed by atoms with E-state index < -0.39 is 5.54 Å². The van der Waals surface area contributed by atoms with Gasteiger partial charge in [0, 0.05) is 10.2 Å². The van der Waals surface area contributed by atoms with Crippen molar-refractivity contribution >= 4 is 27.5 Å². The third-order valence-electron chi connectivity index (χ3n) is 2.47. The lowest BCUT2D eigenvalue weighted by Crippen LogP contribution is -2.37. The SMILES string of the molecule is NC(=O)C1(Nc2ccccc2Br)CC1. The standard InChI is InChI=1S/C10H11BrN2O/c11-7-3-1-2-4-8(7)13-10(5-6-10)9(12)14/h1-4,13H,5-6H2,(H2,12,14). The predicted octanol–water partition coefficient (Wildman–Crippen LogP) is 1.88. The predicted molar refractivity (Wildman–Crippen MR) is 58.9 cm³/mol. The van der Waals surface area contributed by atoms with Gasteiger partial charge >= 0.3 is 0 Å². The molecule has 1 aromatic carbocycles. The molecule has 1 aromatic rings. The zero-order valence-corrected chi connectivity index (χ0v) is 9.17. The molecule has 3 N–H and O–H groups in total. The molecule has 0 radical (unpaired) electrons. The van der Waals surface area contributed by atoms with E-state index in [1.54, 1.807) is 0 Å². The van der Waals surface area contributed by atoms with Crippen LogP contribution in [-0.2, 0) is 4.79 Å². The van der Waals surface area contributed by atoms with Gasteiger partial charge in [-0.2, -0.15) is 0 Å². The average molecular weight is 255 g/mol. The van der Waals surface area contributed by atoms with Crippen LogP contribution in [0.2, 0.25) is 0 Å². The summed E-state index contributed by atoms with van der Waals surface area (Å²) in [5.74, 6) is -0.270. The highest BCUT2D eigenvalue weighted by molar-refractivity contribution is 9.10. The zero-order valence-electron chi connectivity index (χ0n) is 7.59. The Balaban J connectivity index is 2.19. The fraction of sp³-hybridized carbons (Fsp3) is 0.300. The molecule has 0 saturated heterocycles. The van der Waals surface area contributed by atoms with Gasteiger partial charge in [0.15, 0.2) is 0 Å². The van der Waals surface area contributed by atoms with Gasteiger partial charge in [-0.25, -0.2) is 0 Å². The van der Waals surface area contributed by atoms with Crippen LogP contribution in [0.15, 0.2) is 28.7 Å². The van der Waals surface area contributed by atoms with Gasteiger partial charge in [0.2, 0.25) is 5.91 Å². The number of amides is 1. The topological polar surface area (TPSA) is 55.1 Å². The van der Waals surface area contributed by atoms with Crippen molar-refractivity contribution in [3.63, 3.8) is 0 Å². The molecule has 0 aliphatic heterocycles. The highest BCUT2D eigenvalue weighted by Gasteiger charge is 2.48. The van der Waals surface area contributed by atoms with Gasteiger partial charge in [0.05, 0.1) is 0 Å². The number of anilines is 1. The monoisotopic (exact) mass is 254 g/mol. The first-order chi connectivity index (χ1) is 6.64. The van der Waals surface area contributed by atoms with Crippen LogP contribution in [0.5, 0.6) is 0 Å². The summed E-state index contributed by atoms with van der Waals surface area (Å²) in [5.41, 5.74) is 5.74. The molecule has 3 nitrogen and oxygen atoms in total. The van der Waals surface area contributed by atoms with E-state index in [9.17, 15) is 4.79 Å². The lowest BCUT2D eigenvalue weighted by molar-refractivity contribution is -0.119. The number of carbonyl (C=O) groups is 1. The van der Waals surface area contributed by atoms with Crippen LogP contribution < -0.4 is 11.1 Å². The maximum atomic E-state index is 11.1. The number of rotatable bonds is 3. The van der Waals surface area contributed by atoms with Crippen molar-refractivity contribution in [2.45, 2.75) is 18.4 Å². The lowest BCUT2D eigenvalue weighted by Gasteiger charge is -2.15.